The SMILES string of the molecule is COc1ccc([C@H]2CC(=O)Nc3c2c(C)nn3-c2nncc(-c3ccc(C)cc3)n2)cc1OC. The van der Waals surface area contributed by atoms with Gasteiger partial charge in [0.05, 0.1) is 31.8 Å². The second kappa shape index (κ2) is 8.58. The van der Waals surface area contributed by atoms with Crippen molar-refractivity contribution < 1.29 is 14.3 Å². The molecule has 0 fully saturated rings. The van der Waals surface area contributed by atoms with E-state index in [1.54, 1.807) is 25.1 Å². The van der Waals surface area contributed by atoms with Gasteiger partial charge in [0.1, 0.15) is 5.82 Å². The lowest BCUT2D eigenvalue weighted by atomic mass is 9.85. The van der Waals surface area contributed by atoms with Gasteiger partial charge in [0, 0.05) is 23.5 Å². The summed E-state index contributed by atoms with van der Waals surface area (Å²) < 4.78 is 12.4. The highest BCUT2D eigenvalue weighted by Crippen LogP contribution is 2.42. The van der Waals surface area contributed by atoms with Crippen LogP contribution in [0.3, 0.4) is 0 Å². The third-order valence-electron chi connectivity index (χ3n) is 6.00. The minimum absolute atomic E-state index is 0.115. The Morgan fingerprint density at radius 3 is 2.53 bits per heavy atom. The van der Waals surface area contributed by atoms with Crippen LogP contribution < -0.4 is 14.8 Å². The van der Waals surface area contributed by atoms with E-state index < -0.39 is 0 Å². The van der Waals surface area contributed by atoms with Gasteiger partial charge < -0.3 is 14.8 Å². The second-order valence-corrected chi connectivity index (χ2v) is 8.19. The normalized spacial score (nSPS) is 14.9. The van der Waals surface area contributed by atoms with Crippen LogP contribution in [0.4, 0.5) is 5.82 Å². The zero-order valence-corrected chi connectivity index (χ0v) is 19.4. The fourth-order valence-electron chi connectivity index (χ4n) is 4.29. The van der Waals surface area contributed by atoms with E-state index in [4.69, 9.17) is 9.47 Å². The molecule has 9 nitrogen and oxygen atoms in total. The Labute approximate surface area is 196 Å². The van der Waals surface area contributed by atoms with Crippen molar-refractivity contribution in [3.8, 4) is 28.7 Å². The first kappa shape index (κ1) is 21.6. The zero-order chi connectivity index (χ0) is 23.8. The maximum Gasteiger partial charge on any atom is 0.272 e. The van der Waals surface area contributed by atoms with E-state index >= 15 is 0 Å². The van der Waals surface area contributed by atoms with Crippen LogP contribution >= 0.6 is 0 Å². The van der Waals surface area contributed by atoms with Crippen molar-refractivity contribution in [2.45, 2.75) is 26.2 Å². The Morgan fingerprint density at radius 1 is 1.03 bits per heavy atom. The molecule has 1 aliphatic rings. The van der Waals surface area contributed by atoms with Crippen molar-refractivity contribution in [1.82, 2.24) is 25.0 Å². The molecule has 0 radical (unpaired) electrons. The average molecular weight is 457 g/mol. The molecule has 0 bridgehead atoms. The maximum absolute atomic E-state index is 12.7. The molecule has 2 aromatic carbocycles. The Balaban J connectivity index is 1.59. The predicted octanol–water partition coefficient (Wildman–Crippen LogP) is 3.83. The number of anilines is 1. The number of ether oxygens (including phenoxy) is 2. The number of benzene rings is 2. The molecule has 5 rings (SSSR count). The quantitative estimate of drug-likeness (QED) is 0.487. The average Bonchev–Trinajstić information content (AvgIpc) is 3.19. The molecule has 3 heterocycles. The van der Waals surface area contributed by atoms with E-state index in [9.17, 15) is 4.79 Å². The van der Waals surface area contributed by atoms with Crippen LogP contribution in [0.5, 0.6) is 11.5 Å². The molecule has 2 aromatic heterocycles. The molecule has 1 N–H and O–H groups in total. The summed E-state index contributed by atoms with van der Waals surface area (Å²) in [6.07, 6.45) is 1.90. The van der Waals surface area contributed by atoms with Crippen LogP contribution in [0, 0.1) is 13.8 Å². The summed E-state index contributed by atoms with van der Waals surface area (Å²) in [4.78, 5) is 17.4. The minimum atomic E-state index is -0.203. The minimum Gasteiger partial charge on any atom is -0.493 e. The van der Waals surface area contributed by atoms with Crippen LogP contribution in [0.25, 0.3) is 17.2 Å². The van der Waals surface area contributed by atoms with Crippen molar-refractivity contribution in [2.24, 2.45) is 0 Å². The molecule has 0 saturated heterocycles. The monoisotopic (exact) mass is 456 g/mol. The molecule has 1 aliphatic heterocycles. The molecule has 1 amide bonds. The van der Waals surface area contributed by atoms with Crippen molar-refractivity contribution in [1.29, 1.82) is 0 Å². The number of nitrogens with one attached hydrogen (secondary N) is 1. The summed E-state index contributed by atoms with van der Waals surface area (Å²) in [6.45, 7) is 3.95. The van der Waals surface area contributed by atoms with Crippen LogP contribution in [0.2, 0.25) is 0 Å². The summed E-state index contributed by atoms with van der Waals surface area (Å²) in [5, 5.41) is 16.0. The van der Waals surface area contributed by atoms with Gasteiger partial charge in [-0.15, -0.1) is 5.10 Å². The van der Waals surface area contributed by atoms with Crippen molar-refractivity contribution in [2.75, 3.05) is 19.5 Å². The molecule has 1 atom stereocenters. The predicted molar refractivity (Wildman–Crippen MR) is 126 cm³/mol. The topological polar surface area (TPSA) is 104 Å². The van der Waals surface area contributed by atoms with E-state index in [2.05, 4.69) is 25.6 Å². The second-order valence-electron chi connectivity index (χ2n) is 8.19. The molecule has 4 aromatic rings. The number of carbonyl (C=O) groups is 1. The fraction of sp³-hybridized carbons (Fsp3) is 0.240. The Hall–Kier alpha value is -4.27. The van der Waals surface area contributed by atoms with E-state index in [-0.39, 0.29) is 24.2 Å². The molecule has 0 aliphatic carbocycles. The molecular formula is C25H24N6O3. The van der Waals surface area contributed by atoms with Crippen LogP contribution in [0.1, 0.15) is 34.7 Å². The molecule has 9 heteroatoms. The van der Waals surface area contributed by atoms with Crippen molar-refractivity contribution >= 4 is 11.7 Å². The number of hydrogen-bond donors (Lipinski definition) is 1. The lowest BCUT2D eigenvalue weighted by Gasteiger charge is -2.24. The van der Waals surface area contributed by atoms with Gasteiger partial charge in [-0.1, -0.05) is 35.9 Å². The van der Waals surface area contributed by atoms with Gasteiger partial charge in [-0.25, -0.2) is 4.98 Å². The molecule has 34 heavy (non-hydrogen) atoms. The third kappa shape index (κ3) is 3.75. The van der Waals surface area contributed by atoms with Gasteiger partial charge in [0.25, 0.3) is 5.95 Å². The van der Waals surface area contributed by atoms with Crippen molar-refractivity contribution in [3.63, 3.8) is 0 Å². The number of amides is 1. The molecule has 0 spiro atoms. The first-order valence-electron chi connectivity index (χ1n) is 10.9. The van der Waals surface area contributed by atoms with Gasteiger partial charge in [-0.3, -0.25) is 4.79 Å². The first-order chi connectivity index (χ1) is 16.5. The maximum atomic E-state index is 12.7. The van der Waals surface area contributed by atoms with Crippen molar-refractivity contribution in [3.05, 3.63) is 71.0 Å². The van der Waals surface area contributed by atoms with Gasteiger partial charge in [0.15, 0.2) is 11.5 Å². The van der Waals surface area contributed by atoms with Gasteiger partial charge in [-0.2, -0.15) is 14.9 Å². The van der Waals surface area contributed by atoms with E-state index in [1.165, 1.54) is 0 Å². The van der Waals surface area contributed by atoms with Gasteiger partial charge >= 0.3 is 0 Å². The van der Waals surface area contributed by atoms with E-state index in [0.717, 1.165) is 27.9 Å². The Kier molecular flexibility index (Phi) is 5.45. The molecule has 0 saturated carbocycles. The van der Waals surface area contributed by atoms with Crippen LogP contribution in [0.15, 0.2) is 48.7 Å². The van der Waals surface area contributed by atoms with E-state index in [1.807, 2.05) is 56.3 Å². The van der Waals surface area contributed by atoms with Crippen LogP contribution in [-0.2, 0) is 4.79 Å². The zero-order valence-electron chi connectivity index (χ0n) is 19.4. The largest absolute Gasteiger partial charge is 0.493 e. The highest BCUT2D eigenvalue weighted by Gasteiger charge is 2.33. The number of hydrogen-bond acceptors (Lipinski definition) is 7. The number of aryl methyl sites for hydroxylation is 2. The van der Waals surface area contributed by atoms with Crippen LogP contribution in [-0.4, -0.2) is 45.1 Å². The summed E-state index contributed by atoms with van der Waals surface area (Å²) in [5.74, 6) is 1.76. The third-order valence-corrected chi connectivity index (χ3v) is 6.00. The summed E-state index contributed by atoms with van der Waals surface area (Å²) in [6, 6.07) is 13.7. The highest BCUT2D eigenvalue weighted by molar-refractivity contribution is 5.95. The fourth-order valence-corrected chi connectivity index (χ4v) is 4.29. The molecular weight excluding hydrogens is 432 g/mol. The summed E-state index contributed by atoms with van der Waals surface area (Å²) >= 11 is 0. The van der Waals surface area contributed by atoms with Gasteiger partial charge in [0.2, 0.25) is 5.91 Å². The first-order valence-corrected chi connectivity index (χ1v) is 10.9. The van der Waals surface area contributed by atoms with Gasteiger partial charge in [-0.05, 0) is 31.5 Å². The highest BCUT2D eigenvalue weighted by atomic mass is 16.5. The standard InChI is InChI=1S/C25H24N6O3/c1-14-5-7-16(8-6-14)19-13-26-29-25(27-19)31-24-23(15(2)30-31)18(12-22(32)28-24)17-9-10-20(33-3)21(11-17)34-4/h5-11,13,18H,12H2,1-4H3,(H,28,32)/t18-/m1/s1. The lowest BCUT2D eigenvalue weighted by molar-refractivity contribution is -0.116. The number of methoxy groups -OCH3 is 2. The number of fused-ring (bicyclic) bond motifs is 1. The summed E-state index contributed by atoms with van der Waals surface area (Å²) in [7, 11) is 3.19. The smallest absolute Gasteiger partial charge is 0.272 e. The Bertz CT molecular complexity index is 1380. The number of aromatic nitrogens is 5. The summed E-state index contributed by atoms with van der Waals surface area (Å²) in [5.41, 5.74) is 5.38. The lowest BCUT2D eigenvalue weighted by Crippen LogP contribution is -2.25. The molecule has 0 unspecified atom stereocenters. The number of nitrogens with zero attached hydrogens (tertiary/aromatic N) is 5. The number of rotatable bonds is 5. The molecule has 172 valence electrons. The Morgan fingerprint density at radius 2 is 1.79 bits per heavy atom. The van der Waals surface area contributed by atoms with E-state index in [0.29, 0.717) is 23.0 Å². The number of carbonyl (C=O) groups excluding carboxylic acids is 1.